The van der Waals surface area contributed by atoms with E-state index < -0.39 is 0 Å². The molecule has 0 bridgehead atoms. The first-order chi connectivity index (χ1) is 12.6. The minimum absolute atomic E-state index is 0.267. The van der Waals surface area contributed by atoms with Crippen molar-refractivity contribution in [3.63, 3.8) is 0 Å². The van der Waals surface area contributed by atoms with E-state index in [1.807, 2.05) is 50.1 Å². The van der Waals surface area contributed by atoms with Gasteiger partial charge in [0.05, 0.1) is 6.54 Å². The van der Waals surface area contributed by atoms with E-state index in [0.29, 0.717) is 25.4 Å². The molecule has 0 spiro atoms. The molecule has 2 aromatic heterocycles. The van der Waals surface area contributed by atoms with E-state index in [9.17, 15) is 0 Å². The van der Waals surface area contributed by atoms with Gasteiger partial charge in [-0.3, -0.25) is 4.99 Å². The summed E-state index contributed by atoms with van der Waals surface area (Å²) in [5, 5.41) is 8.40. The van der Waals surface area contributed by atoms with Gasteiger partial charge in [0.25, 0.3) is 0 Å². The van der Waals surface area contributed by atoms with E-state index in [0.717, 1.165) is 28.5 Å². The zero-order valence-electron chi connectivity index (χ0n) is 15.7. The molecule has 0 aliphatic carbocycles. The molecule has 0 fully saturated rings. The number of hydrogen-bond donors (Lipinski definition) is 1. The van der Waals surface area contributed by atoms with Crippen molar-refractivity contribution in [2.75, 3.05) is 20.6 Å². The molecule has 2 heterocycles. The third-order valence-electron chi connectivity index (χ3n) is 4.07. The van der Waals surface area contributed by atoms with Gasteiger partial charge in [0.15, 0.2) is 11.8 Å². The molecule has 0 saturated carbocycles. The third kappa shape index (κ3) is 4.22. The van der Waals surface area contributed by atoms with Gasteiger partial charge in [0.2, 0.25) is 5.89 Å². The molecule has 0 radical (unpaired) electrons. The number of nitrogens with one attached hydrogen (secondary N) is 1. The molecule has 0 saturated heterocycles. The van der Waals surface area contributed by atoms with Crippen LogP contribution in [0.2, 0.25) is 0 Å². The van der Waals surface area contributed by atoms with Crippen molar-refractivity contribution in [3.05, 3.63) is 47.8 Å². The highest BCUT2D eigenvalue weighted by molar-refractivity contribution is 5.80. The number of aliphatic imine (C=N–C) groups is 1. The number of para-hydroxylation sites is 1. The SMILES string of the molecule is CN=C(NCCc1nc(C(C)C)no1)N(C)Cc1cc2ccccc2o1. The highest BCUT2D eigenvalue weighted by Gasteiger charge is 2.12. The van der Waals surface area contributed by atoms with E-state index in [1.54, 1.807) is 7.05 Å². The molecular formula is C19H25N5O2. The average Bonchev–Trinajstić information content (AvgIpc) is 3.24. The van der Waals surface area contributed by atoms with Crippen molar-refractivity contribution in [1.29, 1.82) is 0 Å². The maximum absolute atomic E-state index is 5.87. The zero-order valence-corrected chi connectivity index (χ0v) is 15.7. The molecule has 0 atom stereocenters. The van der Waals surface area contributed by atoms with Gasteiger partial charge >= 0.3 is 0 Å². The Morgan fingerprint density at radius 1 is 1.31 bits per heavy atom. The number of rotatable bonds is 6. The average molecular weight is 355 g/mol. The summed E-state index contributed by atoms with van der Waals surface area (Å²) in [7, 11) is 3.74. The van der Waals surface area contributed by atoms with Crippen LogP contribution in [0.3, 0.4) is 0 Å². The van der Waals surface area contributed by atoms with E-state index in [1.165, 1.54) is 0 Å². The minimum atomic E-state index is 0.267. The van der Waals surface area contributed by atoms with Crippen LogP contribution in [-0.4, -0.2) is 41.6 Å². The largest absolute Gasteiger partial charge is 0.459 e. The van der Waals surface area contributed by atoms with Gasteiger partial charge in [0, 0.05) is 38.4 Å². The van der Waals surface area contributed by atoms with E-state index in [-0.39, 0.29) is 5.92 Å². The van der Waals surface area contributed by atoms with E-state index >= 15 is 0 Å². The van der Waals surface area contributed by atoms with Gasteiger partial charge in [-0.25, -0.2) is 0 Å². The van der Waals surface area contributed by atoms with Gasteiger partial charge in [-0.1, -0.05) is 37.2 Å². The summed E-state index contributed by atoms with van der Waals surface area (Å²) < 4.78 is 11.1. The highest BCUT2D eigenvalue weighted by Crippen LogP contribution is 2.19. The quantitative estimate of drug-likeness (QED) is 0.540. The Balaban J connectivity index is 1.54. The fraction of sp³-hybridized carbons (Fsp3) is 0.421. The number of nitrogens with zero attached hydrogens (tertiary/aromatic N) is 4. The number of hydrogen-bond acceptors (Lipinski definition) is 5. The topological polar surface area (TPSA) is 79.7 Å². The lowest BCUT2D eigenvalue weighted by atomic mass is 10.2. The number of aromatic nitrogens is 2. The Labute approximate surface area is 153 Å². The summed E-state index contributed by atoms with van der Waals surface area (Å²) in [5.74, 6) is 3.33. The van der Waals surface area contributed by atoms with Crippen LogP contribution < -0.4 is 5.32 Å². The Bertz CT molecular complexity index is 848. The van der Waals surface area contributed by atoms with Crippen molar-refractivity contribution in [2.45, 2.75) is 32.7 Å². The Kier molecular flexibility index (Phi) is 5.55. The van der Waals surface area contributed by atoms with Crippen LogP contribution in [0, 0.1) is 0 Å². The molecule has 0 amide bonds. The maximum Gasteiger partial charge on any atom is 0.228 e. The van der Waals surface area contributed by atoms with Crippen LogP contribution in [0.25, 0.3) is 11.0 Å². The summed E-state index contributed by atoms with van der Waals surface area (Å²) in [4.78, 5) is 10.7. The van der Waals surface area contributed by atoms with Crippen LogP contribution in [0.5, 0.6) is 0 Å². The molecule has 0 aliphatic rings. The van der Waals surface area contributed by atoms with Crippen LogP contribution in [0.15, 0.2) is 44.3 Å². The standard InChI is InChI=1S/C19H25N5O2/c1-13(2)18-22-17(26-23-18)9-10-21-19(20-3)24(4)12-15-11-14-7-5-6-8-16(14)25-15/h5-8,11,13H,9-10,12H2,1-4H3,(H,20,21). The highest BCUT2D eigenvalue weighted by atomic mass is 16.5. The summed E-state index contributed by atoms with van der Waals surface area (Å²) in [6.45, 7) is 5.38. The predicted molar refractivity (Wildman–Crippen MR) is 101 cm³/mol. The lowest BCUT2D eigenvalue weighted by molar-refractivity contribution is 0.369. The lowest BCUT2D eigenvalue weighted by Gasteiger charge is -2.20. The molecule has 26 heavy (non-hydrogen) atoms. The first-order valence-electron chi connectivity index (χ1n) is 8.78. The first kappa shape index (κ1) is 18.0. The number of guanidine groups is 1. The minimum Gasteiger partial charge on any atom is -0.459 e. The Hall–Kier alpha value is -2.83. The molecule has 0 aliphatic heterocycles. The van der Waals surface area contributed by atoms with Gasteiger partial charge in [0.1, 0.15) is 11.3 Å². The summed E-state index contributed by atoms with van der Waals surface area (Å²) in [5.41, 5.74) is 0.899. The van der Waals surface area contributed by atoms with Crippen LogP contribution in [0.1, 0.15) is 37.2 Å². The number of benzene rings is 1. The monoisotopic (exact) mass is 355 g/mol. The van der Waals surface area contributed by atoms with Crippen molar-refractivity contribution < 1.29 is 8.94 Å². The summed E-state index contributed by atoms with van der Waals surface area (Å²) in [6.07, 6.45) is 0.650. The molecule has 1 aromatic carbocycles. The third-order valence-corrected chi connectivity index (χ3v) is 4.07. The fourth-order valence-corrected chi connectivity index (χ4v) is 2.69. The molecule has 138 valence electrons. The van der Waals surface area contributed by atoms with Gasteiger partial charge in [-0.2, -0.15) is 4.98 Å². The normalized spacial score (nSPS) is 12.1. The van der Waals surface area contributed by atoms with Gasteiger partial charge in [-0.15, -0.1) is 0 Å². The second kappa shape index (κ2) is 8.03. The lowest BCUT2D eigenvalue weighted by Crippen LogP contribution is -2.39. The van der Waals surface area contributed by atoms with Gasteiger partial charge in [-0.05, 0) is 12.1 Å². The number of furan rings is 1. The van der Waals surface area contributed by atoms with Crippen molar-refractivity contribution in [1.82, 2.24) is 20.4 Å². The first-order valence-corrected chi connectivity index (χ1v) is 8.78. The number of fused-ring (bicyclic) bond motifs is 1. The van der Waals surface area contributed by atoms with Gasteiger partial charge < -0.3 is 19.2 Å². The molecule has 7 nitrogen and oxygen atoms in total. The fourth-order valence-electron chi connectivity index (χ4n) is 2.69. The zero-order chi connectivity index (χ0) is 18.5. The summed E-state index contributed by atoms with van der Waals surface area (Å²) in [6, 6.07) is 10.1. The Morgan fingerprint density at radius 3 is 2.81 bits per heavy atom. The van der Waals surface area contributed by atoms with Crippen molar-refractivity contribution in [3.8, 4) is 0 Å². The summed E-state index contributed by atoms with van der Waals surface area (Å²) >= 11 is 0. The molecule has 0 unspecified atom stereocenters. The van der Waals surface area contributed by atoms with E-state index in [4.69, 9.17) is 8.94 Å². The van der Waals surface area contributed by atoms with Crippen LogP contribution in [-0.2, 0) is 13.0 Å². The Morgan fingerprint density at radius 2 is 2.12 bits per heavy atom. The van der Waals surface area contributed by atoms with Crippen LogP contribution >= 0.6 is 0 Å². The molecule has 3 rings (SSSR count). The molecule has 3 aromatic rings. The van der Waals surface area contributed by atoms with Crippen molar-refractivity contribution >= 4 is 16.9 Å². The predicted octanol–water partition coefficient (Wildman–Crippen LogP) is 3.19. The molecular weight excluding hydrogens is 330 g/mol. The van der Waals surface area contributed by atoms with Crippen LogP contribution in [0.4, 0.5) is 0 Å². The second-order valence-corrected chi connectivity index (χ2v) is 6.53. The molecule has 1 N–H and O–H groups in total. The second-order valence-electron chi connectivity index (χ2n) is 6.53. The smallest absolute Gasteiger partial charge is 0.228 e. The van der Waals surface area contributed by atoms with Crippen molar-refractivity contribution in [2.24, 2.45) is 4.99 Å². The maximum atomic E-state index is 5.87. The molecule has 7 heteroatoms. The van der Waals surface area contributed by atoms with E-state index in [2.05, 4.69) is 26.5 Å².